The lowest BCUT2D eigenvalue weighted by atomic mass is 10.1. The summed E-state index contributed by atoms with van der Waals surface area (Å²) < 4.78 is 4.05. The molecule has 0 aliphatic rings. The van der Waals surface area contributed by atoms with Crippen LogP contribution in [-0.2, 0) is 13.5 Å². The van der Waals surface area contributed by atoms with Gasteiger partial charge in [-0.1, -0.05) is 13.8 Å². The first-order valence-corrected chi connectivity index (χ1v) is 7.89. The van der Waals surface area contributed by atoms with Crippen LogP contribution in [0.5, 0.6) is 0 Å². The molecule has 0 spiro atoms. The van der Waals surface area contributed by atoms with Crippen molar-refractivity contribution < 1.29 is 0 Å². The van der Waals surface area contributed by atoms with Crippen molar-refractivity contribution >= 4 is 0 Å². The van der Waals surface area contributed by atoms with E-state index >= 15 is 0 Å². The van der Waals surface area contributed by atoms with Crippen LogP contribution in [0, 0.1) is 0 Å². The molecular weight excluding hydrogens is 262 g/mol. The third kappa shape index (κ3) is 4.17. The maximum atomic E-state index is 4.70. The number of imidazole rings is 1. The van der Waals surface area contributed by atoms with E-state index in [2.05, 4.69) is 54.2 Å². The van der Waals surface area contributed by atoms with Gasteiger partial charge < -0.3 is 9.88 Å². The average Bonchev–Trinajstić information content (AvgIpc) is 3.11. The van der Waals surface area contributed by atoms with Gasteiger partial charge in [0.25, 0.3) is 0 Å². The minimum atomic E-state index is 0.228. The zero-order chi connectivity index (χ0) is 15.2. The predicted molar refractivity (Wildman–Crippen MR) is 85.2 cm³/mol. The number of rotatable bonds is 8. The van der Waals surface area contributed by atoms with Crippen molar-refractivity contribution in [2.75, 3.05) is 6.54 Å². The lowest BCUT2D eigenvalue weighted by Crippen LogP contribution is -2.24. The molecule has 0 bridgehead atoms. The fourth-order valence-electron chi connectivity index (χ4n) is 2.34. The molecule has 2 heterocycles. The summed E-state index contributed by atoms with van der Waals surface area (Å²) in [7, 11) is 2.00. The molecule has 0 radical (unpaired) electrons. The Bertz CT molecular complexity index is 542. The summed E-state index contributed by atoms with van der Waals surface area (Å²) in [5.41, 5.74) is 2.21. The van der Waals surface area contributed by atoms with Crippen LogP contribution in [0.1, 0.15) is 57.1 Å². The van der Waals surface area contributed by atoms with Crippen LogP contribution < -0.4 is 5.32 Å². The number of nitrogens with one attached hydrogen (secondary N) is 1. The molecule has 0 amide bonds. The Balaban J connectivity index is 2.09. The Morgan fingerprint density at radius 3 is 2.76 bits per heavy atom. The third-order valence-electron chi connectivity index (χ3n) is 3.84. The van der Waals surface area contributed by atoms with E-state index in [4.69, 9.17) is 5.10 Å². The zero-order valence-corrected chi connectivity index (χ0v) is 13.6. The number of hydrogen-bond acceptors (Lipinski definition) is 3. The molecule has 2 rings (SSSR count). The molecule has 5 nitrogen and oxygen atoms in total. The van der Waals surface area contributed by atoms with Crippen LogP contribution in [-0.4, -0.2) is 25.9 Å². The summed E-state index contributed by atoms with van der Waals surface area (Å²) in [6, 6.07) is 2.80. The summed E-state index contributed by atoms with van der Waals surface area (Å²) in [5.74, 6) is 0. The number of hydrogen-bond donors (Lipinski definition) is 1. The first-order chi connectivity index (χ1) is 10.1. The third-order valence-corrected chi connectivity index (χ3v) is 3.84. The fraction of sp³-hybridized carbons (Fsp3) is 0.625. The molecule has 0 aromatic carbocycles. The summed E-state index contributed by atoms with van der Waals surface area (Å²) >= 11 is 0. The van der Waals surface area contributed by atoms with Gasteiger partial charge in [0.15, 0.2) is 0 Å². The Morgan fingerprint density at radius 2 is 2.14 bits per heavy atom. The van der Waals surface area contributed by atoms with Crippen LogP contribution in [0.3, 0.4) is 0 Å². The van der Waals surface area contributed by atoms with Gasteiger partial charge in [-0.2, -0.15) is 5.10 Å². The second-order valence-electron chi connectivity index (χ2n) is 5.72. The lowest BCUT2D eigenvalue weighted by molar-refractivity contribution is 0.464. The maximum Gasteiger partial charge on any atom is 0.0947 e. The molecule has 116 valence electrons. The van der Waals surface area contributed by atoms with Crippen molar-refractivity contribution in [2.45, 2.75) is 52.1 Å². The highest BCUT2D eigenvalue weighted by Crippen LogP contribution is 2.17. The Kier molecular flexibility index (Phi) is 5.56. The molecule has 0 aliphatic carbocycles. The lowest BCUT2D eigenvalue weighted by Gasteiger charge is -2.15. The molecule has 2 aromatic rings. The zero-order valence-electron chi connectivity index (χ0n) is 13.6. The van der Waals surface area contributed by atoms with Gasteiger partial charge in [0.2, 0.25) is 0 Å². The Labute approximate surface area is 127 Å². The quantitative estimate of drug-likeness (QED) is 0.813. The predicted octanol–water partition coefficient (Wildman–Crippen LogP) is 2.87. The molecule has 2 atom stereocenters. The molecule has 2 unspecified atom stereocenters. The van der Waals surface area contributed by atoms with E-state index in [9.17, 15) is 0 Å². The van der Waals surface area contributed by atoms with Crippen molar-refractivity contribution in [1.82, 2.24) is 24.6 Å². The van der Waals surface area contributed by atoms with E-state index in [-0.39, 0.29) is 6.04 Å². The van der Waals surface area contributed by atoms with Crippen molar-refractivity contribution in [2.24, 2.45) is 7.05 Å². The van der Waals surface area contributed by atoms with Gasteiger partial charge in [-0.15, -0.1) is 0 Å². The van der Waals surface area contributed by atoms with Crippen LogP contribution in [0.2, 0.25) is 0 Å². The number of aryl methyl sites for hydroxylation is 1. The van der Waals surface area contributed by atoms with Crippen molar-refractivity contribution in [1.29, 1.82) is 0 Å². The minimum Gasteiger partial charge on any atom is -0.340 e. The van der Waals surface area contributed by atoms with E-state index in [1.54, 1.807) is 0 Å². The van der Waals surface area contributed by atoms with E-state index in [0.717, 1.165) is 37.2 Å². The molecule has 5 heteroatoms. The normalized spacial score (nSPS) is 14.3. The largest absolute Gasteiger partial charge is 0.340 e. The van der Waals surface area contributed by atoms with Crippen LogP contribution in [0.15, 0.2) is 24.8 Å². The SMILES string of the molecule is CCCNC(Cc1ccn(C(C)CC)n1)c1cn(C)cn1. The van der Waals surface area contributed by atoms with Crippen LogP contribution >= 0.6 is 0 Å². The first-order valence-electron chi connectivity index (χ1n) is 7.89. The van der Waals surface area contributed by atoms with Gasteiger partial charge >= 0.3 is 0 Å². The molecule has 0 aliphatic heterocycles. The van der Waals surface area contributed by atoms with Crippen molar-refractivity contribution in [3.05, 3.63) is 36.2 Å². The molecule has 0 fully saturated rings. The molecule has 1 N–H and O–H groups in total. The minimum absolute atomic E-state index is 0.228. The van der Waals surface area contributed by atoms with Gasteiger partial charge in [0, 0.05) is 31.9 Å². The topological polar surface area (TPSA) is 47.7 Å². The highest BCUT2D eigenvalue weighted by atomic mass is 15.3. The molecule has 2 aromatic heterocycles. The highest BCUT2D eigenvalue weighted by molar-refractivity contribution is 5.10. The molecule has 0 saturated carbocycles. The smallest absolute Gasteiger partial charge is 0.0947 e. The van der Waals surface area contributed by atoms with Gasteiger partial charge in [0.1, 0.15) is 0 Å². The van der Waals surface area contributed by atoms with Gasteiger partial charge in [0.05, 0.1) is 23.8 Å². The monoisotopic (exact) mass is 289 g/mol. The second-order valence-corrected chi connectivity index (χ2v) is 5.72. The van der Waals surface area contributed by atoms with E-state index in [1.807, 2.05) is 17.9 Å². The Hall–Kier alpha value is -1.62. The van der Waals surface area contributed by atoms with Crippen LogP contribution in [0.25, 0.3) is 0 Å². The Morgan fingerprint density at radius 1 is 1.33 bits per heavy atom. The first kappa shape index (κ1) is 15.8. The number of nitrogens with zero attached hydrogens (tertiary/aromatic N) is 4. The standard InChI is InChI=1S/C16H27N5/c1-5-8-17-15(16-11-20(4)12-18-16)10-14-7-9-21(19-14)13(3)6-2/h7,9,11-13,15,17H,5-6,8,10H2,1-4H3. The summed E-state index contributed by atoms with van der Waals surface area (Å²) in [4.78, 5) is 4.49. The average molecular weight is 289 g/mol. The van der Waals surface area contributed by atoms with Gasteiger partial charge in [-0.05, 0) is 32.4 Å². The van der Waals surface area contributed by atoms with Gasteiger partial charge in [-0.3, -0.25) is 4.68 Å². The highest BCUT2D eigenvalue weighted by Gasteiger charge is 2.16. The van der Waals surface area contributed by atoms with Crippen LogP contribution in [0.4, 0.5) is 0 Å². The van der Waals surface area contributed by atoms with Crippen molar-refractivity contribution in [3.63, 3.8) is 0 Å². The fourth-order valence-corrected chi connectivity index (χ4v) is 2.34. The van der Waals surface area contributed by atoms with E-state index < -0.39 is 0 Å². The summed E-state index contributed by atoms with van der Waals surface area (Å²) in [6.07, 6.45) is 9.11. The molecule has 21 heavy (non-hydrogen) atoms. The van der Waals surface area contributed by atoms with E-state index in [0.29, 0.717) is 6.04 Å². The summed E-state index contributed by atoms with van der Waals surface area (Å²) in [6.45, 7) is 7.56. The maximum absolute atomic E-state index is 4.70. The number of aromatic nitrogens is 4. The van der Waals surface area contributed by atoms with Crippen molar-refractivity contribution in [3.8, 4) is 0 Å². The summed E-state index contributed by atoms with van der Waals surface area (Å²) in [5, 5.41) is 8.28. The van der Waals surface area contributed by atoms with E-state index in [1.165, 1.54) is 0 Å². The van der Waals surface area contributed by atoms with Gasteiger partial charge in [-0.25, -0.2) is 4.98 Å². The molecule has 0 saturated heterocycles. The second kappa shape index (κ2) is 7.41. The molecular formula is C16H27N5.